The lowest BCUT2D eigenvalue weighted by Crippen LogP contribution is -2.33. The fraction of sp³-hybridized carbons (Fsp3) is 0.300. The van der Waals surface area contributed by atoms with Crippen molar-refractivity contribution in [2.24, 2.45) is 0 Å². The Bertz CT molecular complexity index is 870. The number of rotatable bonds is 8. The zero-order valence-electron chi connectivity index (χ0n) is 14.8. The summed E-state index contributed by atoms with van der Waals surface area (Å²) in [6.07, 6.45) is 1.17. The van der Waals surface area contributed by atoms with Gasteiger partial charge in [0.25, 0.3) is 0 Å². The van der Waals surface area contributed by atoms with Crippen molar-refractivity contribution in [2.75, 3.05) is 18.6 Å². The first-order valence-corrected chi connectivity index (χ1v) is 10.2. The Balaban J connectivity index is 1.83. The fourth-order valence-corrected chi connectivity index (χ4v) is 3.88. The molecule has 0 aliphatic carbocycles. The molecule has 0 saturated heterocycles. The van der Waals surface area contributed by atoms with Crippen LogP contribution in [0.4, 0.5) is 0 Å². The van der Waals surface area contributed by atoms with Gasteiger partial charge in [-0.15, -0.1) is 0 Å². The lowest BCUT2D eigenvalue weighted by atomic mass is 10.1. The average molecular weight is 370 g/mol. The molecule has 0 heterocycles. The molecule has 0 bridgehead atoms. The zero-order valence-corrected chi connectivity index (χ0v) is 15.6. The Morgan fingerprint density at radius 1 is 1.04 bits per heavy atom. The van der Waals surface area contributed by atoms with Crippen LogP contribution < -0.4 is 0 Å². The molecule has 2 rings (SSSR count). The van der Waals surface area contributed by atoms with Crippen LogP contribution in [0.15, 0.2) is 54.6 Å². The van der Waals surface area contributed by atoms with Crippen LogP contribution in [-0.4, -0.2) is 37.8 Å². The second-order valence-electron chi connectivity index (χ2n) is 6.24. The largest absolute Gasteiger partial charge is 0.341 e. The summed E-state index contributed by atoms with van der Waals surface area (Å²) in [5.74, 6) is -0.901. The first-order chi connectivity index (χ1) is 12.4. The van der Waals surface area contributed by atoms with Crippen molar-refractivity contribution in [1.82, 2.24) is 4.90 Å². The van der Waals surface area contributed by atoms with Crippen molar-refractivity contribution in [1.29, 1.82) is 5.26 Å². The van der Waals surface area contributed by atoms with E-state index in [-0.39, 0.29) is 5.75 Å². The summed E-state index contributed by atoms with van der Waals surface area (Å²) < 4.78 is 24.4. The van der Waals surface area contributed by atoms with E-state index in [0.717, 1.165) is 11.1 Å². The SMILES string of the molecule is CN(Cc1ccc(C#N)cc1)C(=O)CS(=O)(=O)CCCc1ccccc1. The van der Waals surface area contributed by atoms with Gasteiger partial charge in [0.15, 0.2) is 9.84 Å². The van der Waals surface area contributed by atoms with Crippen molar-refractivity contribution < 1.29 is 13.2 Å². The Labute approximate surface area is 154 Å². The zero-order chi connectivity index (χ0) is 19.0. The highest BCUT2D eigenvalue weighted by Gasteiger charge is 2.19. The van der Waals surface area contributed by atoms with Gasteiger partial charge in [0.05, 0.1) is 17.4 Å². The molecule has 26 heavy (non-hydrogen) atoms. The van der Waals surface area contributed by atoms with Gasteiger partial charge in [-0.2, -0.15) is 5.26 Å². The molecule has 0 fully saturated rings. The molecule has 0 N–H and O–H groups in total. The van der Waals surface area contributed by atoms with E-state index < -0.39 is 21.5 Å². The minimum absolute atomic E-state index is 0.00165. The molecule has 2 aromatic rings. The Morgan fingerprint density at radius 3 is 2.31 bits per heavy atom. The second kappa shape index (κ2) is 9.16. The summed E-state index contributed by atoms with van der Waals surface area (Å²) >= 11 is 0. The van der Waals surface area contributed by atoms with E-state index in [1.165, 1.54) is 4.90 Å². The highest BCUT2D eigenvalue weighted by molar-refractivity contribution is 7.92. The van der Waals surface area contributed by atoms with Crippen molar-refractivity contribution >= 4 is 15.7 Å². The van der Waals surface area contributed by atoms with Crippen LogP contribution in [0.5, 0.6) is 0 Å². The molecule has 136 valence electrons. The molecule has 0 aliphatic rings. The van der Waals surface area contributed by atoms with Crippen LogP contribution in [0.2, 0.25) is 0 Å². The Morgan fingerprint density at radius 2 is 1.69 bits per heavy atom. The molecule has 0 aliphatic heterocycles. The predicted octanol–water partition coefficient (Wildman–Crippen LogP) is 2.56. The van der Waals surface area contributed by atoms with Gasteiger partial charge in [-0.25, -0.2) is 8.42 Å². The highest BCUT2D eigenvalue weighted by Crippen LogP contribution is 2.08. The summed E-state index contributed by atoms with van der Waals surface area (Å²) in [4.78, 5) is 13.6. The number of carbonyl (C=O) groups excluding carboxylic acids is 1. The molecule has 0 saturated carbocycles. The quantitative estimate of drug-likeness (QED) is 0.715. The van der Waals surface area contributed by atoms with Crippen LogP contribution in [-0.2, 0) is 27.6 Å². The van der Waals surface area contributed by atoms with E-state index in [1.54, 1.807) is 31.3 Å². The van der Waals surface area contributed by atoms with Gasteiger partial charge in [-0.3, -0.25) is 4.79 Å². The van der Waals surface area contributed by atoms with Crippen LogP contribution in [0.1, 0.15) is 23.1 Å². The van der Waals surface area contributed by atoms with Crippen molar-refractivity contribution in [2.45, 2.75) is 19.4 Å². The smallest absolute Gasteiger partial charge is 0.237 e. The summed E-state index contributed by atoms with van der Waals surface area (Å²) in [6, 6.07) is 18.6. The molecule has 0 unspecified atom stereocenters. The van der Waals surface area contributed by atoms with Crippen LogP contribution in [0.25, 0.3) is 0 Å². The molecule has 5 nitrogen and oxygen atoms in total. The average Bonchev–Trinajstić information content (AvgIpc) is 2.62. The van der Waals surface area contributed by atoms with E-state index in [0.29, 0.717) is 24.9 Å². The third-order valence-electron chi connectivity index (χ3n) is 4.04. The predicted molar refractivity (Wildman–Crippen MR) is 101 cm³/mol. The number of amides is 1. The first-order valence-electron chi connectivity index (χ1n) is 8.37. The van der Waals surface area contributed by atoms with Crippen LogP contribution >= 0.6 is 0 Å². The van der Waals surface area contributed by atoms with Crippen molar-refractivity contribution in [3.63, 3.8) is 0 Å². The minimum Gasteiger partial charge on any atom is -0.341 e. The van der Waals surface area contributed by atoms with E-state index >= 15 is 0 Å². The second-order valence-corrected chi connectivity index (χ2v) is 8.42. The molecule has 1 amide bonds. The summed E-state index contributed by atoms with van der Waals surface area (Å²) in [5, 5.41) is 8.79. The van der Waals surface area contributed by atoms with Gasteiger partial charge in [-0.05, 0) is 36.1 Å². The highest BCUT2D eigenvalue weighted by atomic mass is 32.2. The lowest BCUT2D eigenvalue weighted by Gasteiger charge is -2.17. The number of benzene rings is 2. The van der Waals surface area contributed by atoms with Crippen LogP contribution in [0.3, 0.4) is 0 Å². The van der Waals surface area contributed by atoms with Gasteiger partial charge in [0.1, 0.15) is 5.75 Å². The molecule has 0 aromatic heterocycles. The summed E-state index contributed by atoms with van der Waals surface area (Å²) in [7, 11) is -1.85. The van der Waals surface area contributed by atoms with E-state index in [4.69, 9.17) is 5.26 Å². The van der Waals surface area contributed by atoms with Gasteiger partial charge < -0.3 is 4.90 Å². The van der Waals surface area contributed by atoms with Crippen LogP contribution in [0, 0.1) is 11.3 Å². The lowest BCUT2D eigenvalue weighted by molar-refractivity contribution is -0.127. The maximum Gasteiger partial charge on any atom is 0.237 e. The maximum absolute atomic E-state index is 12.2. The first kappa shape index (κ1) is 19.7. The van der Waals surface area contributed by atoms with Crippen molar-refractivity contribution in [3.05, 3.63) is 71.3 Å². The molecular formula is C20H22N2O3S. The number of hydrogen-bond donors (Lipinski definition) is 0. The number of hydrogen-bond acceptors (Lipinski definition) is 4. The molecule has 6 heteroatoms. The van der Waals surface area contributed by atoms with E-state index in [1.807, 2.05) is 36.4 Å². The molecular weight excluding hydrogens is 348 g/mol. The maximum atomic E-state index is 12.2. The number of sulfone groups is 1. The fourth-order valence-electron chi connectivity index (χ4n) is 2.56. The third-order valence-corrected chi connectivity index (χ3v) is 5.63. The summed E-state index contributed by atoms with van der Waals surface area (Å²) in [5.41, 5.74) is 2.48. The number of nitrogens with zero attached hydrogens (tertiary/aromatic N) is 2. The molecule has 0 atom stereocenters. The van der Waals surface area contributed by atoms with Gasteiger partial charge >= 0.3 is 0 Å². The third kappa shape index (κ3) is 6.34. The van der Waals surface area contributed by atoms with Crippen molar-refractivity contribution in [3.8, 4) is 6.07 Å². The number of nitriles is 1. The van der Waals surface area contributed by atoms with E-state index in [2.05, 4.69) is 0 Å². The van der Waals surface area contributed by atoms with Gasteiger partial charge in [0.2, 0.25) is 5.91 Å². The molecule has 0 spiro atoms. The van der Waals surface area contributed by atoms with Gasteiger partial charge in [0, 0.05) is 13.6 Å². The number of aryl methyl sites for hydroxylation is 1. The number of carbonyl (C=O) groups is 1. The van der Waals surface area contributed by atoms with E-state index in [9.17, 15) is 13.2 Å². The monoisotopic (exact) mass is 370 g/mol. The molecule has 0 radical (unpaired) electrons. The minimum atomic E-state index is -3.43. The summed E-state index contributed by atoms with van der Waals surface area (Å²) in [6.45, 7) is 0.310. The Kier molecular flexibility index (Phi) is 6.93. The Hall–Kier alpha value is -2.65. The standard InChI is InChI=1S/C20H22N2O3S/c1-22(15-19-11-9-18(14-21)10-12-19)20(23)16-26(24,25)13-5-8-17-6-3-2-4-7-17/h2-4,6-7,9-12H,5,8,13,15-16H2,1H3. The normalized spacial score (nSPS) is 10.9. The van der Waals surface area contributed by atoms with Gasteiger partial charge in [-0.1, -0.05) is 42.5 Å². The topological polar surface area (TPSA) is 78.2 Å². The molecule has 2 aromatic carbocycles.